The normalized spacial score (nSPS) is 48.2. The average Bonchev–Trinajstić information content (AvgIpc) is 2.25. The van der Waals surface area contributed by atoms with Crippen molar-refractivity contribution in [3.05, 3.63) is 0 Å². The van der Waals surface area contributed by atoms with E-state index < -0.39 is 0 Å². The van der Waals surface area contributed by atoms with Crippen LogP contribution in [0, 0.1) is 28.6 Å². The van der Waals surface area contributed by atoms with E-state index >= 15 is 0 Å². The molecule has 5 aliphatic rings. The zero-order chi connectivity index (χ0) is 12.2. The molecule has 5 rings (SSSR count). The van der Waals surface area contributed by atoms with Crippen molar-refractivity contribution in [2.45, 2.75) is 64.7 Å². The van der Waals surface area contributed by atoms with Crippen LogP contribution in [-0.4, -0.2) is 13.1 Å². The summed E-state index contributed by atoms with van der Waals surface area (Å²) in [4.78, 5) is 0. The van der Waals surface area contributed by atoms with Gasteiger partial charge in [0.15, 0.2) is 0 Å². The van der Waals surface area contributed by atoms with Gasteiger partial charge in [-0.1, -0.05) is 13.3 Å². The summed E-state index contributed by atoms with van der Waals surface area (Å²) in [6.45, 7) is 4.76. The Morgan fingerprint density at radius 1 is 0.944 bits per heavy atom. The third-order valence-corrected chi connectivity index (χ3v) is 7.19. The fraction of sp³-hybridized carbons (Fsp3) is 1.00. The highest BCUT2D eigenvalue weighted by Gasteiger charge is 2.61. The van der Waals surface area contributed by atoms with Gasteiger partial charge in [-0.25, -0.2) is 0 Å². The van der Waals surface area contributed by atoms with Gasteiger partial charge in [-0.3, -0.25) is 0 Å². The van der Waals surface area contributed by atoms with Crippen LogP contribution in [0.25, 0.3) is 0 Å². The zero-order valence-electron chi connectivity index (χ0n) is 12.0. The van der Waals surface area contributed by atoms with Crippen LogP contribution in [0.4, 0.5) is 0 Å². The highest BCUT2D eigenvalue weighted by atomic mass is 14.9. The van der Waals surface area contributed by atoms with E-state index in [9.17, 15) is 0 Å². The summed E-state index contributed by atoms with van der Waals surface area (Å²) in [5.74, 6) is 3.36. The van der Waals surface area contributed by atoms with Gasteiger partial charge in [0.25, 0.3) is 0 Å². The lowest BCUT2D eigenvalue weighted by Crippen LogP contribution is -2.60. The minimum absolute atomic E-state index is 0.721. The van der Waals surface area contributed by atoms with Crippen molar-refractivity contribution in [3.63, 3.8) is 0 Å². The Balaban J connectivity index is 1.62. The van der Waals surface area contributed by atoms with Crippen molar-refractivity contribution in [1.29, 1.82) is 0 Å². The van der Waals surface area contributed by atoms with E-state index in [1.54, 1.807) is 38.5 Å². The van der Waals surface area contributed by atoms with Crippen LogP contribution in [0.2, 0.25) is 0 Å². The predicted octanol–water partition coefficient (Wildman–Crippen LogP) is 3.98. The van der Waals surface area contributed by atoms with Crippen molar-refractivity contribution in [2.75, 3.05) is 13.1 Å². The maximum absolute atomic E-state index is 3.72. The molecule has 0 unspecified atom stereocenters. The fourth-order valence-corrected chi connectivity index (χ4v) is 6.62. The first kappa shape index (κ1) is 11.8. The Morgan fingerprint density at radius 3 is 1.89 bits per heavy atom. The van der Waals surface area contributed by atoms with E-state index in [4.69, 9.17) is 0 Å². The summed E-state index contributed by atoms with van der Waals surface area (Å²) in [5, 5.41) is 3.72. The van der Waals surface area contributed by atoms with Gasteiger partial charge in [0.2, 0.25) is 0 Å². The summed E-state index contributed by atoms with van der Waals surface area (Å²) >= 11 is 0. The molecule has 0 aromatic rings. The maximum Gasteiger partial charge on any atom is 0.00130 e. The highest BCUT2D eigenvalue weighted by Crippen LogP contribution is 2.70. The molecule has 102 valence electrons. The topological polar surface area (TPSA) is 12.0 Å². The van der Waals surface area contributed by atoms with Gasteiger partial charge in [-0.05, 0) is 86.5 Å². The lowest BCUT2D eigenvalue weighted by atomic mass is 9.39. The predicted molar refractivity (Wildman–Crippen MR) is 75.4 cm³/mol. The van der Waals surface area contributed by atoms with Crippen LogP contribution in [-0.2, 0) is 0 Å². The van der Waals surface area contributed by atoms with Crippen molar-refractivity contribution < 1.29 is 0 Å². The molecule has 0 aromatic carbocycles. The van der Waals surface area contributed by atoms with Crippen molar-refractivity contribution in [1.82, 2.24) is 5.32 Å². The third-order valence-electron chi connectivity index (χ3n) is 7.19. The minimum Gasteiger partial charge on any atom is -0.316 e. The highest BCUT2D eigenvalue weighted by molar-refractivity contribution is 5.12. The largest absolute Gasteiger partial charge is 0.316 e. The lowest BCUT2D eigenvalue weighted by Gasteiger charge is -2.67. The molecule has 0 amide bonds. The standard InChI is InChI=1S/C17H29N/c1-2-18-12-16(4-3-5-16)17-9-13-6-14(10-17)8-15(7-13)11-17/h13-15,18H,2-12H2,1H3. The number of rotatable bonds is 4. The van der Waals surface area contributed by atoms with E-state index in [1.165, 1.54) is 25.8 Å². The lowest BCUT2D eigenvalue weighted by molar-refractivity contribution is -0.160. The molecule has 0 heterocycles. The van der Waals surface area contributed by atoms with Gasteiger partial charge in [0.1, 0.15) is 0 Å². The SMILES string of the molecule is CCNCC1(C23CC4CC(CC(C4)C2)C3)CCC1. The molecular weight excluding hydrogens is 218 g/mol. The second kappa shape index (κ2) is 3.98. The van der Waals surface area contributed by atoms with Crippen LogP contribution in [0.5, 0.6) is 0 Å². The van der Waals surface area contributed by atoms with Crippen LogP contribution >= 0.6 is 0 Å². The summed E-state index contributed by atoms with van der Waals surface area (Å²) in [6.07, 6.45) is 14.2. The summed E-state index contributed by atoms with van der Waals surface area (Å²) in [7, 11) is 0. The van der Waals surface area contributed by atoms with E-state index in [2.05, 4.69) is 12.2 Å². The molecule has 4 bridgehead atoms. The van der Waals surface area contributed by atoms with Gasteiger partial charge in [0.05, 0.1) is 0 Å². The maximum atomic E-state index is 3.72. The van der Waals surface area contributed by atoms with E-state index in [0.717, 1.165) is 35.1 Å². The smallest absolute Gasteiger partial charge is 0.00130 e. The van der Waals surface area contributed by atoms with Crippen molar-refractivity contribution in [2.24, 2.45) is 28.6 Å². The Hall–Kier alpha value is -0.0400. The zero-order valence-corrected chi connectivity index (χ0v) is 12.0. The minimum atomic E-state index is 0.721. The Kier molecular flexibility index (Phi) is 2.60. The van der Waals surface area contributed by atoms with Gasteiger partial charge < -0.3 is 5.32 Å². The van der Waals surface area contributed by atoms with Gasteiger partial charge in [0, 0.05) is 6.54 Å². The van der Waals surface area contributed by atoms with Crippen LogP contribution in [0.3, 0.4) is 0 Å². The summed E-state index contributed by atoms with van der Waals surface area (Å²) in [6, 6.07) is 0. The molecule has 5 fully saturated rings. The average molecular weight is 247 g/mol. The summed E-state index contributed by atoms with van der Waals surface area (Å²) < 4.78 is 0. The first-order valence-electron chi connectivity index (χ1n) is 8.46. The monoisotopic (exact) mass is 247 g/mol. The second-order valence-electron chi connectivity index (χ2n) is 8.11. The molecular formula is C17H29N. The molecule has 0 spiro atoms. The van der Waals surface area contributed by atoms with Gasteiger partial charge >= 0.3 is 0 Å². The molecule has 1 nitrogen and oxygen atoms in total. The molecule has 1 N–H and O–H groups in total. The van der Waals surface area contributed by atoms with E-state index in [1.807, 2.05) is 0 Å². The first-order chi connectivity index (χ1) is 8.75. The van der Waals surface area contributed by atoms with Crippen molar-refractivity contribution >= 4 is 0 Å². The molecule has 0 aromatic heterocycles. The molecule has 5 saturated carbocycles. The molecule has 0 aliphatic heterocycles. The Labute approximate surface area is 112 Å². The first-order valence-corrected chi connectivity index (χ1v) is 8.46. The quantitative estimate of drug-likeness (QED) is 0.792. The molecule has 1 heteroatoms. The second-order valence-corrected chi connectivity index (χ2v) is 8.11. The van der Waals surface area contributed by atoms with E-state index in [-0.39, 0.29) is 0 Å². The number of hydrogen-bond donors (Lipinski definition) is 1. The van der Waals surface area contributed by atoms with Crippen LogP contribution in [0.1, 0.15) is 64.7 Å². The fourth-order valence-electron chi connectivity index (χ4n) is 6.62. The molecule has 0 saturated heterocycles. The number of hydrogen-bond acceptors (Lipinski definition) is 1. The van der Waals surface area contributed by atoms with Crippen LogP contribution in [0.15, 0.2) is 0 Å². The van der Waals surface area contributed by atoms with Gasteiger partial charge in [-0.15, -0.1) is 0 Å². The molecule has 5 aliphatic carbocycles. The van der Waals surface area contributed by atoms with Crippen molar-refractivity contribution in [3.8, 4) is 0 Å². The third kappa shape index (κ3) is 1.49. The number of nitrogens with one attached hydrogen (secondary N) is 1. The Bertz CT molecular complexity index is 293. The molecule has 0 atom stereocenters. The van der Waals surface area contributed by atoms with E-state index in [0.29, 0.717) is 0 Å². The summed E-state index contributed by atoms with van der Waals surface area (Å²) in [5.41, 5.74) is 1.50. The van der Waals surface area contributed by atoms with Crippen LogP contribution < -0.4 is 5.32 Å². The molecule has 18 heavy (non-hydrogen) atoms. The van der Waals surface area contributed by atoms with Gasteiger partial charge in [-0.2, -0.15) is 0 Å². The Morgan fingerprint density at radius 2 is 1.50 bits per heavy atom. The molecule has 0 radical (unpaired) electrons.